The summed E-state index contributed by atoms with van der Waals surface area (Å²) in [5.74, 6) is 0.493. The van der Waals surface area contributed by atoms with Gasteiger partial charge in [-0.05, 0) is 36.4 Å². The molecule has 0 spiro atoms. The minimum atomic E-state index is -0.511. The minimum Gasteiger partial charge on any atom is -0.493 e. The number of benzene rings is 2. The molecule has 11 heteroatoms. The lowest BCUT2D eigenvalue weighted by Crippen LogP contribution is -2.19. The van der Waals surface area contributed by atoms with Gasteiger partial charge >= 0.3 is 12.0 Å². The minimum absolute atomic E-state index is 0.140. The van der Waals surface area contributed by atoms with Crippen LogP contribution in [0.2, 0.25) is 0 Å². The van der Waals surface area contributed by atoms with Gasteiger partial charge in [0.25, 0.3) is 0 Å². The molecule has 2 aromatic heterocycles. The number of carbonyl (C=O) groups is 2. The van der Waals surface area contributed by atoms with Crippen LogP contribution >= 0.6 is 0 Å². The maximum absolute atomic E-state index is 12.4. The molecule has 4 rings (SSSR count). The normalized spacial score (nSPS) is 10.4. The van der Waals surface area contributed by atoms with E-state index in [0.29, 0.717) is 33.9 Å². The second-order valence-corrected chi connectivity index (χ2v) is 7.00. The van der Waals surface area contributed by atoms with Crippen LogP contribution in [0.4, 0.5) is 16.3 Å². The van der Waals surface area contributed by atoms with Gasteiger partial charge in [-0.1, -0.05) is 12.1 Å². The summed E-state index contributed by atoms with van der Waals surface area (Å²) in [7, 11) is 1.33. The van der Waals surface area contributed by atoms with Crippen molar-refractivity contribution in [1.29, 1.82) is 5.26 Å². The van der Waals surface area contributed by atoms with E-state index in [1.165, 1.54) is 7.11 Å². The summed E-state index contributed by atoms with van der Waals surface area (Å²) in [6, 6.07) is 15.2. The molecule has 0 aliphatic heterocycles. The summed E-state index contributed by atoms with van der Waals surface area (Å²) in [6.45, 7) is 0.186. The smallest absolute Gasteiger partial charge is 0.324 e. The number of rotatable bonds is 7. The summed E-state index contributed by atoms with van der Waals surface area (Å²) in [5, 5.41) is 21.0. The van der Waals surface area contributed by atoms with Gasteiger partial charge in [0.05, 0.1) is 43.7 Å². The van der Waals surface area contributed by atoms with Gasteiger partial charge in [-0.15, -0.1) is 0 Å². The Balaban J connectivity index is 1.49. The van der Waals surface area contributed by atoms with E-state index in [-0.39, 0.29) is 24.8 Å². The molecule has 0 fully saturated rings. The van der Waals surface area contributed by atoms with Crippen molar-refractivity contribution in [3.05, 3.63) is 60.3 Å². The molecule has 0 radical (unpaired) electrons. The van der Waals surface area contributed by atoms with Gasteiger partial charge in [0.15, 0.2) is 11.3 Å². The number of amides is 2. The highest BCUT2D eigenvalue weighted by atomic mass is 16.5. The molecule has 0 bridgehead atoms. The number of hydrogen-bond donors (Lipinski definition) is 3. The molecular weight excluding hydrogens is 438 g/mol. The van der Waals surface area contributed by atoms with E-state index in [1.807, 2.05) is 12.1 Å². The number of aromatic amines is 1. The number of ether oxygens (including phenoxy) is 2. The fourth-order valence-electron chi connectivity index (χ4n) is 3.02. The van der Waals surface area contributed by atoms with Gasteiger partial charge in [0.1, 0.15) is 5.75 Å². The average molecular weight is 457 g/mol. The lowest BCUT2D eigenvalue weighted by molar-refractivity contribution is -0.141. The number of H-pyrrole nitrogens is 1. The third-order valence-corrected chi connectivity index (χ3v) is 4.71. The number of carbonyl (C=O) groups excluding carboxylic acids is 2. The summed E-state index contributed by atoms with van der Waals surface area (Å²) in [5.41, 5.74) is 3.01. The van der Waals surface area contributed by atoms with Gasteiger partial charge in [-0.2, -0.15) is 10.4 Å². The first-order valence-corrected chi connectivity index (χ1v) is 10.1. The first kappa shape index (κ1) is 22.2. The van der Waals surface area contributed by atoms with Crippen LogP contribution in [-0.4, -0.2) is 45.9 Å². The van der Waals surface area contributed by atoms with Gasteiger partial charge < -0.3 is 14.8 Å². The molecule has 170 valence electrons. The highest BCUT2D eigenvalue weighted by Gasteiger charge is 2.14. The third-order valence-electron chi connectivity index (χ3n) is 4.71. The Labute approximate surface area is 193 Å². The molecule has 0 unspecified atom stereocenters. The van der Waals surface area contributed by atoms with E-state index >= 15 is 0 Å². The van der Waals surface area contributed by atoms with E-state index in [1.54, 1.807) is 48.7 Å². The Bertz CT molecular complexity index is 1380. The molecule has 2 heterocycles. The first-order chi connectivity index (χ1) is 16.6. The van der Waals surface area contributed by atoms with Crippen molar-refractivity contribution >= 4 is 34.7 Å². The predicted molar refractivity (Wildman–Crippen MR) is 123 cm³/mol. The molecule has 0 aliphatic rings. The summed E-state index contributed by atoms with van der Waals surface area (Å²) < 4.78 is 10.2. The number of nitrogens with one attached hydrogen (secondary N) is 3. The summed E-state index contributed by atoms with van der Waals surface area (Å²) in [4.78, 5) is 32.6. The van der Waals surface area contributed by atoms with Crippen LogP contribution < -0.4 is 15.4 Å². The number of nitrogens with zero attached hydrogens (tertiary/aromatic N) is 4. The second kappa shape index (κ2) is 10.1. The van der Waals surface area contributed by atoms with Crippen LogP contribution in [0.25, 0.3) is 22.4 Å². The zero-order valence-electron chi connectivity index (χ0n) is 18.0. The van der Waals surface area contributed by atoms with E-state index in [2.05, 4.69) is 35.5 Å². The zero-order chi connectivity index (χ0) is 23.9. The molecule has 2 aromatic carbocycles. The number of fused-ring (bicyclic) bond motifs is 1. The Hall–Kier alpha value is -4.98. The van der Waals surface area contributed by atoms with Crippen LogP contribution in [0.15, 0.2) is 54.7 Å². The van der Waals surface area contributed by atoms with E-state index in [9.17, 15) is 9.59 Å². The number of urea groups is 1. The van der Waals surface area contributed by atoms with Crippen molar-refractivity contribution in [3.63, 3.8) is 0 Å². The number of methoxy groups -OCH3 is 1. The van der Waals surface area contributed by atoms with Crippen molar-refractivity contribution in [2.45, 2.75) is 6.42 Å². The Morgan fingerprint density at radius 3 is 2.74 bits per heavy atom. The topological polar surface area (TPSA) is 155 Å². The van der Waals surface area contributed by atoms with Crippen molar-refractivity contribution in [1.82, 2.24) is 20.2 Å². The fraction of sp³-hybridized carbons (Fsp3) is 0.130. The van der Waals surface area contributed by atoms with Crippen LogP contribution in [-0.2, 0) is 9.53 Å². The largest absolute Gasteiger partial charge is 0.493 e. The first-order valence-electron chi connectivity index (χ1n) is 10.1. The van der Waals surface area contributed by atoms with Crippen LogP contribution in [0.1, 0.15) is 12.0 Å². The van der Waals surface area contributed by atoms with Crippen molar-refractivity contribution in [3.8, 4) is 23.1 Å². The van der Waals surface area contributed by atoms with Gasteiger partial charge in [-0.25, -0.2) is 14.8 Å². The number of aromatic nitrogens is 4. The van der Waals surface area contributed by atoms with Gasteiger partial charge in [-0.3, -0.25) is 15.2 Å². The van der Waals surface area contributed by atoms with Crippen molar-refractivity contribution in [2.75, 3.05) is 24.4 Å². The van der Waals surface area contributed by atoms with Crippen LogP contribution in [0, 0.1) is 11.3 Å². The third kappa shape index (κ3) is 5.25. The van der Waals surface area contributed by atoms with Crippen LogP contribution in [0.3, 0.4) is 0 Å². The molecule has 3 N–H and O–H groups in total. The molecule has 0 aliphatic carbocycles. The lowest BCUT2D eigenvalue weighted by atomic mass is 10.1. The van der Waals surface area contributed by atoms with Crippen LogP contribution in [0.5, 0.6) is 5.75 Å². The molecule has 34 heavy (non-hydrogen) atoms. The molecule has 0 atom stereocenters. The number of nitriles is 1. The van der Waals surface area contributed by atoms with Crippen molar-refractivity contribution in [2.24, 2.45) is 0 Å². The maximum atomic E-state index is 12.4. The molecule has 0 saturated heterocycles. The molecule has 11 nitrogen and oxygen atoms in total. The lowest BCUT2D eigenvalue weighted by Gasteiger charge is -2.08. The monoisotopic (exact) mass is 457 g/mol. The maximum Gasteiger partial charge on any atom is 0.324 e. The van der Waals surface area contributed by atoms with Gasteiger partial charge in [0, 0.05) is 11.3 Å². The standard InChI is InChI=1S/C23H19N7O4/c1-33-19(31)9-10-34-17-4-2-3-15(11-17)18-13-25-21-20(27-18)22(30-29-21)28-23(32)26-16-7-5-14(12-24)6-8-16/h2-8,11,13H,9-10H2,1H3,(H3,25,26,28,29,30,32). The quantitative estimate of drug-likeness (QED) is 0.356. The summed E-state index contributed by atoms with van der Waals surface area (Å²) in [6.07, 6.45) is 1.71. The molecular formula is C23H19N7O4. The zero-order valence-corrected chi connectivity index (χ0v) is 18.0. The van der Waals surface area contributed by atoms with E-state index in [4.69, 9.17) is 10.00 Å². The van der Waals surface area contributed by atoms with Gasteiger partial charge in [0.2, 0.25) is 5.65 Å². The van der Waals surface area contributed by atoms with E-state index < -0.39 is 6.03 Å². The highest BCUT2D eigenvalue weighted by molar-refractivity contribution is 6.03. The SMILES string of the molecule is COC(=O)CCOc1cccc(-c2cnc3n[nH]c(NC(=O)Nc4ccc(C#N)cc4)c3n2)c1. The highest BCUT2D eigenvalue weighted by Crippen LogP contribution is 2.25. The Kier molecular flexibility index (Phi) is 6.60. The Morgan fingerprint density at radius 1 is 1.15 bits per heavy atom. The van der Waals surface area contributed by atoms with Crippen molar-refractivity contribution < 1.29 is 19.1 Å². The second-order valence-electron chi connectivity index (χ2n) is 7.00. The molecule has 4 aromatic rings. The molecule has 0 saturated carbocycles. The fourth-order valence-corrected chi connectivity index (χ4v) is 3.02. The summed E-state index contributed by atoms with van der Waals surface area (Å²) >= 11 is 0. The number of anilines is 2. The Morgan fingerprint density at radius 2 is 1.97 bits per heavy atom. The predicted octanol–water partition coefficient (Wildman–Crippen LogP) is 3.48. The molecule has 2 amide bonds. The number of esters is 1. The van der Waals surface area contributed by atoms with E-state index in [0.717, 1.165) is 5.56 Å². The average Bonchev–Trinajstić information content (AvgIpc) is 3.26. The number of hydrogen-bond acceptors (Lipinski definition) is 8.